The van der Waals surface area contributed by atoms with Crippen LogP contribution < -0.4 is 15.4 Å². The van der Waals surface area contributed by atoms with Gasteiger partial charge in [0.2, 0.25) is 5.91 Å². The van der Waals surface area contributed by atoms with Crippen molar-refractivity contribution < 1.29 is 14.3 Å². The van der Waals surface area contributed by atoms with Gasteiger partial charge in [-0.2, -0.15) is 0 Å². The molecule has 2 N–H and O–H groups in total. The zero-order valence-corrected chi connectivity index (χ0v) is 20.4. The Morgan fingerprint density at radius 1 is 1.00 bits per heavy atom. The molecule has 32 heavy (non-hydrogen) atoms. The van der Waals surface area contributed by atoms with E-state index in [9.17, 15) is 9.59 Å². The summed E-state index contributed by atoms with van der Waals surface area (Å²) in [4.78, 5) is 26.4. The molecule has 174 valence electrons. The molecule has 0 saturated heterocycles. The van der Waals surface area contributed by atoms with Crippen molar-refractivity contribution in [1.29, 1.82) is 0 Å². The summed E-state index contributed by atoms with van der Waals surface area (Å²) < 4.78 is 5.67. The van der Waals surface area contributed by atoms with E-state index in [0.29, 0.717) is 0 Å². The fraction of sp³-hybridized carbons (Fsp3) is 0.462. The molecule has 6 heteroatoms. The largest absolute Gasteiger partial charge is 0.491 e. The third-order valence-electron chi connectivity index (χ3n) is 5.20. The number of ether oxygens (including phenoxy) is 1. The topological polar surface area (TPSA) is 70.7 Å². The number of rotatable bonds is 9. The van der Waals surface area contributed by atoms with E-state index >= 15 is 0 Å². The van der Waals surface area contributed by atoms with E-state index in [2.05, 4.69) is 22.8 Å². The molecule has 0 heterocycles. The van der Waals surface area contributed by atoms with Gasteiger partial charge in [0.15, 0.2) is 0 Å². The van der Waals surface area contributed by atoms with Crippen molar-refractivity contribution in [3.05, 3.63) is 58.7 Å². The van der Waals surface area contributed by atoms with E-state index in [1.165, 1.54) is 10.5 Å². The summed E-state index contributed by atoms with van der Waals surface area (Å²) in [7, 11) is 1.63. The Bertz CT molecular complexity index is 899. The Balaban J connectivity index is 1.79. The SMILES string of the molecule is Cc1cc(C)c(NC(=O)CN(C)C(=O)NC(C)CCc2ccc(OC(C)C)cc2)c(C)c1. The van der Waals surface area contributed by atoms with Crippen molar-refractivity contribution in [2.45, 2.75) is 66.5 Å². The summed E-state index contributed by atoms with van der Waals surface area (Å²) in [6, 6.07) is 11.9. The summed E-state index contributed by atoms with van der Waals surface area (Å²) in [5.41, 5.74) is 5.19. The number of urea groups is 1. The molecule has 2 rings (SSSR count). The Morgan fingerprint density at radius 3 is 2.16 bits per heavy atom. The highest BCUT2D eigenvalue weighted by atomic mass is 16.5. The fourth-order valence-electron chi connectivity index (χ4n) is 3.63. The maximum Gasteiger partial charge on any atom is 0.317 e. The van der Waals surface area contributed by atoms with Crippen LogP contribution in [0, 0.1) is 20.8 Å². The molecule has 0 fully saturated rings. The van der Waals surface area contributed by atoms with E-state index in [1.54, 1.807) is 7.05 Å². The second kappa shape index (κ2) is 11.6. The lowest BCUT2D eigenvalue weighted by Gasteiger charge is -2.22. The Morgan fingerprint density at radius 2 is 1.59 bits per heavy atom. The van der Waals surface area contributed by atoms with Crippen molar-refractivity contribution in [1.82, 2.24) is 10.2 Å². The first kappa shape index (κ1) is 25.2. The van der Waals surface area contributed by atoms with Gasteiger partial charge in [-0.05, 0) is 83.2 Å². The van der Waals surface area contributed by atoms with Gasteiger partial charge in [0.25, 0.3) is 0 Å². The highest BCUT2D eigenvalue weighted by molar-refractivity contribution is 5.95. The molecule has 0 radical (unpaired) electrons. The molecular weight excluding hydrogens is 402 g/mol. The lowest BCUT2D eigenvalue weighted by atomic mass is 10.1. The van der Waals surface area contributed by atoms with Crippen molar-refractivity contribution >= 4 is 17.6 Å². The van der Waals surface area contributed by atoms with Gasteiger partial charge in [-0.3, -0.25) is 4.79 Å². The highest BCUT2D eigenvalue weighted by Gasteiger charge is 2.16. The number of likely N-dealkylation sites (N-methyl/N-ethyl adjacent to an activating group) is 1. The quantitative estimate of drug-likeness (QED) is 0.578. The van der Waals surface area contributed by atoms with Crippen LogP contribution in [0.2, 0.25) is 0 Å². The number of nitrogens with one attached hydrogen (secondary N) is 2. The minimum absolute atomic E-state index is 0.0113. The van der Waals surface area contributed by atoms with E-state index in [0.717, 1.165) is 41.0 Å². The summed E-state index contributed by atoms with van der Waals surface area (Å²) in [6.45, 7) is 11.9. The minimum atomic E-state index is -0.259. The fourth-order valence-corrected chi connectivity index (χ4v) is 3.63. The van der Waals surface area contributed by atoms with Gasteiger partial charge in [0.05, 0.1) is 6.10 Å². The molecule has 2 aromatic rings. The number of hydrogen-bond donors (Lipinski definition) is 2. The molecular formula is C26H37N3O3. The average Bonchev–Trinajstić information content (AvgIpc) is 2.69. The Hall–Kier alpha value is -3.02. The predicted molar refractivity (Wildman–Crippen MR) is 130 cm³/mol. The number of carbonyl (C=O) groups excluding carboxylic acids is 2. The predicted octanol–water partition coefficient (Wildman–Crippen LogP) is 5.00. The summed E-state index contributed by atoms with van der Waals surface area (Å²) in [5.74, 6) is 0.648. The first-order valence-electron chi connectivity index (χ1n) is 11.2. The van der Waals surface area contributed by atoms with E-state index < -0.39 is 0 Å². The summed E-state index contributed by atoms with van der Waals surface area (Å²) in [5, 5.41) is 5.91. The summed E-state index contributed by atoms with van der Waals surface area (Å²) >= 11 is 0. The maximum atomic E-state index is 12.5. The second-order valence-corrected chi connectivity index (χ2v) is 8.88. The Kier molecular flexibility index (Phi) is 9.12. The third kappa shape index (κ3) is 7.91. The molecule has 0 aliphatic heterocycles. The standard InChI is InChI=1S/C26H37N3O3/c1-17(2)32-23-12-10-22(11-13-23)9-8-21(6)27-26(31)29(7)16-24(30)28-25-19(4)14-18(3)15-20(25)5/h10-15,17,21H,8-9,16H2,1-7H3,(H,27,31)(H,28,30). The molecule has 0 bridgehead atoms. The average molecular weight is 440 g/mol. The van der Waals surface area contributed by atoms with Gasteiger partial charge in [-0.15, -0.1) is 0 Å². The number of hydrogen-bond acceptors (Lipinski definition) is 3. The van der Waals surface area contributed by atoms with Crippen LogP contribution in [-0.2, 0) is 11.2 Å². The lowest BCUT2D eigenvalue weighted by Crippen LogP contribution is -2.45. The van der Waals surface area contributed by atoms with Crippen molar-refractivity contribution in [3.8, 4) is 5.75 Å². The first-order chi connectivity index (χ1) is 15.0. The third-order valence-corrected chi connectivity index (χ3v) is 5.20. The smallest absolute Gasteiger partial charge is 0.317 e. The molecule has 3 amide bonds. The van der Waals surface area contributed by atoms with Gasteiger partial charge < -0.3 is 20.3 Å². The number of benzene rings is 2. The van der Waals surface area contributed by atoms with Gasteiger partial charge in [0.1, 0.15) is 12.3 Å². The molecule has 1 atom stereocenters. The molecule has 0 aliphatic rings. The van der Waals surface area contributed by atoms with Crippen LogP contribution in [0.15, 0.2) is 36.4 Å². The van der Waals surface area contributed by atoms with E-state index in [4.69, 9.17) is 4.74 Å². The van der Waals surface area contributed by atoms with E-state index in [-0.39, 0.29) is 30.6 Å². The normalized spacial score (nSPS) is 11.8. The van der Waals surface area contributed by atoms with Gasteiger partial charge in [-0.25, -0.2) is 4.79 Å². The van der Waals surface area contributed by atoms with Crippen LogP contribution in [0.4, 0.5) is 10.5 Å². The molecule has 6 nitrogen and oxygen atoms in total. The number of anilines is 1. The van der Waals surface area contributed by atoms with Gasteiger partial charge in [-0.1, -0.05) is 29.8 Å². The summed E-state index contributed by atoms with van der Waals surface area (Å²) in [6.07, 6.45) is 1.80. The zero-order chi connectivity index (χ0) is 23.8. The number of amides is 3. The lowest BCUT2D eigenvalue weighted by molar-refractivity contribution is -0.116. The number of aryl methyl sites for hydroxylation is 4. The van der Waals surface area contributed by atoms with Crippen LogP contribution in [0.1, 0.15) is 49.4 Å². The molecule has 0 spiro atoms. The molecule has 0 aromatic heterocycles. The monoisotopic (exact) mass is 439 g/mol. The van der Waals surface area contributed by atoms with Crippen LogP contribution >= 0.6 is 0 Å². The van der Waals surface area contributed by atoms with Crippen LogP contribution in [0.3, 0.4) is 0 Å². The molecule has 1 unspecified atom stereocenters. The van der Waals surface area contributed by atoms with Crippen molar-refractivity contribution in [3.63, 3.8) is 0 Å². The molecule has 2 aromatic carbocycles. The number of carbonyl (C=O) groups is 2. The van der Waals surface area contributed by atoms with Crippen LogP contribution in [-0.4, -0.2) is 42.6 Å². The number of nitrogens with zero attached hydrogens (tertiary/aromatic N) is 1. The maximum absolute atomic E-state index is 12.5. The van der Waals surface area contributed by atoms with Gasteiger partial charge in [0, 0.05) is 18.8 Å². The molecule has 0 aliphatic carbocycles. The molecule has 0 saturated carbocycles. The Labute approximate surface area is 192 Å². The minimum Gasteiger partial charge on any atom is -0.491 e. The van der Waals surface area contributed by atoms with Gasteiger partial charge >= 0.3 is 6.03 Å². The van der Waals surface area contributed by atoms with Crippen molar-refractivity contribution in [2.24, 2.45) is 0 Å². The van der Waals surface area contributed by atoms with Crippen molar-refractivity contribution in [2.75, 3.05) is 18.9 Å². The van der Waals surface area contributed by atoms with Crippen LogP contribution in [0.5, 0.6) is 5.75 Å². The zero-order valence-electron chi connectivity index (χ0n) is 20.4. The van der Waals surface area contributed by atoms with Crippen LogP contribution in [0.25, 0.3) is 0 Å². The second-order valence-electron chi connectivity index (χ2n) is 8.88. The first-order valence-corrected chi connectivity index (χ1v) is 11.2. The highest BCUT2D eigenvalue weighted by Crippen LogP contribution is 2.21. The van der Waals surface area contributed by atoms with E-state index in [1.807, 2.05) is 65.8 Å².